The van der Waals surface area contributed by atoms with Crippen LogP contribution in [0.3, 0.4) is 0 Å². The largest absolute Gasteiger partial charge is 0.353 e. The molecular weight excluding hydrogens is 266 g/mol. The molecule has 1 aromatic rings. The second-order valence-electron chi connectivity index (χ2n) is 7.00. The van der Waals surface area contributed by atoms with Crippen LogP contribution < -0.4 is 5.32 Å². The SMILES string of the molecule is Cc1nnc(CN2CCC(NC(=O)C(C)(C)C)CC2)n1C. The Bertz CT molecular complexity index is 495. The van der Waals surface area contributed by atoms with Crippen LogP contribution in [-0.4, -0.2) is 44.7 Å². The van der Waals surface area contributed by atoms with Gasteiger partial charge in [-0.2, -0.15) is 0 Å². The van der Waals surface area contributed by atoms with Gasteiger partial charge in [0.15, 0.2) is 0 Å². The van der Waals surface area contributed by atoms with Gasteiger partial charge in [0, 0.05) is 31.6 Å². The summed E-state index contributed by atoms with van der Waals surface area (Å²) in [6.07, 6.45) is 2.00. The van der Waals surface area contributed by atoms with Gasteiger partial charge in [0.05, 0.1) is 6.54 Å². The van der Waals surface area contributed by atoms with Crippen molar-refractivity contribution in [3.05, 3.63) is 11.6 Å². The fourth-order valence-corrected chi connectivity index (χ4v) is 2.43. The van der Waals surface area contributed by atoms with Crippen LogP contribution in [0.1, 0.15) is 45.3 Å². The first-order valence-corrected chi connectivity index (χ1v) is 7.65. The molecule has 2 heterocycles. The van der Waals surface area contributed by atoms with Crippen LogP contribution in [0, 0.1) is 12.3 Å². The van der Waals surface area contributed by atoms with E-state index in [1.54, 1.807) is 0 Å². The Labute approximate surface area is 126 Å². The molecule has 0 bridgehead atoms. The van der Waals surface area contributed by atoms with Gasteiger partial charge < -0.3 is 9.88 Å². The third-order valence-electron chi connectivity index (χ3n) is 4.15. The highest BCUT2D eigenvalue weighted by molar-refractivity contribution is 5.81. The molecule has 1 N–H and O–H groups in total. The van der Waals surface area contributed by atoms with Crippen molar-refractivity contribution in [3.8, 4) is 0 Å². The van der Waals surface area contributed by atoms with Crippen LogP contribution in [0.25, 0.3) is 0 Å². The second kappa shape index (κ2) is 6.13. The van der Waals surface area contributed by atoms with E-state index in [4.69, 9.17) is 0 Å². The number of carbonyl (C=O) groups is 1. The zero-order valence-corrected chi connectivity index (χ0v) is 13.8. The Morgan fingerprint density at radius 2 is 1.90 bits per heavy atom. The van der Waals surface area contributed by atoms with E-state index < -0.39 is 0 Å². The summed E-state index contributed by atoms with van der Waals surface area (Å²) >= 11 is 0. The highest BCUT2D eigenvalue weighted by Crippen LogP contribution is 2.17. The minimum absolute atomic E-state index is 0.143. The molecule has 1 aliphatic heterocycles. The Morgan fingerprint density at radius 1 is 1.29 bits per heavy atom. The Kier molecular flexibility index (Phi) is 4.66. The zero-order chi connectivity index (χ0) is 15.6. The molecule has 1 fully saturated rings. The predicted molar refractivity (Wildman–Crippen MR) is 81.6 cm³/mol. The lowest BCUT2D eigenvalue weighted by molar-refractivity contribution is -0.129. The highest BCUT2D eigenvalue weighted by Gasteiger charge is 2.26. The molecule has 118 valence electrons. The van der Waals surface area contributed by atoms with Gasteiger partial charge in [0.25, 0.3) is 0 Å². The lowest BCUT2D eigenvalue weighted by atomic mass is 9.94. The van der Waals surface area contributed by atoms with Crippen LogP contribution in [0.2, 0.25) is 0 Å². The number of nitrogens with one attached hydrogen (secondary N) is 1. The number of rotatable bonds is 3. The minimum Gasteiger partial charge on any atom is -0.353 e. The molecule has 1 amide bonds. The average molecular weight is 293 g/mol. The van der Waals surface area contributed by atoms with Crippen molar-refractivity contribution < 1.29 is 4.79 Å². The lowest BCUT2D eigenvalue weighted by Crippen LogP contribution is -2.47. The molecule has 6 nitrogen and oxygen atoms in total. The number of hydrogen-bond acceptors (Lipinski definition) is 4. The van der Waals surface area contributed by atoms with E-state index in [0.717, 1.165) is 44.1 Å². The molecule has 0 atom stereocenters. The second-order valence-corrected chi connectivity index (χ2v) is 7.00. The Hall–Kier alpha value is -1.43. The number of aromatic nitrogens is 3. The van der Waals surface area contributed by atoms with Crippen LogP contribution in [-0.2, 0) is 18.4 Å². The normalized spacial score (nSPS) is 18.0. The van der Waals surface area contributed by atoms with Crippen LogP contribution in [0.15, 0.2) is 0 Å². The predicted octanol–water partition coefficient (Wildman–Crippen LogP) is 1.25. The van der Waals surface area contributed by atoms with Gasteiger partial charge >= 0.3 is 0 Å². The van der Waals surface area contributed by atoms with Crippen LogP contribution in [0.5, 0.6) is 0 Å². The molecule has 1 saturated heterocycles. The van der Waals surface area contributed by atoms with Crippen molar-refractivity contribution in [2.45, 2.75) is 53.1 Å². The van der Waals surface area contributed by atoms with E-state index in [2.05, 4.69) is 20.4 Å². The van der Waals surface area contributed by atoms with E-state index in [-0.39, 0.29) is 11.3 Å². The maximum atomic E-state index is 12.0. The smallest absolute Gasteiger partial charge is 0.225 e. The van der Waals surface area contributed by atoms with Gasteiger partial charge in [-0.1, -0.05) is 20.8 Å². The summed E-state index contributed by atoms with van der Waals surface area (Å²) in [5, 5.41) is 11.5. The molecule has 0 aliphatic carbocycles. The molecule has 0 aromatic carbocycles. The maximum absolute atomic E-state index is 12.0. The minimum atomic E-state index is -0.312. The summed E-state index contributed by atoms with van der Waals surface area (Å²) in [7, 11) is 2.00. The Balaban J connectivity index is 1.81. The third kappa shape index (κ3) is 4.03. The maximum Gasteiger partial charge on any atom is 0.225 e. The molecular formula is C15H27N5O. The molecule has 21 heavy (non-hydrogen) atoms. The van der Waals surface area contributed by atoms with Crippen molar-refractivity contribution in [1.82, 2.24) is 25.0 Å². The summed E-state index contributed by atoms with van der Waals surface area (Å²) in [5.41, 5.74) is -0.312. The summed E-state index contributed by atoms with van der Waals surface area (Å²) in [6.45, 7) is 10.6. The quantitative estimate of drug-likeness (QED) is 0.911. The number of piperidine rings is 1. The molecule has 0 saturated carbocycles. The van der Waals surface area contributed by atoms with E-state index >= 15 is 0 Å². The topological polar surface area (TPSA) is 63.1 Å². The van der Waals surface area contributed by atoms with Crippen molar-refractivity contribution in [2.24, 2.45) is 12.5 Å². The number of amides is 1. The molecule has 2 rings (SSSR count). The van der Waals surface area contributed by atoms with E-state index in [9.17, 15) is 4.79 Å². The fourth-order valence-electron chi connectivity index (χ4n) is 2.43. The highest BCUT2D eigenvalue weighted by atomic mass is 16.2. The first kappa shape index (κ1) is 15.9. The number of nitrogens with zero attached hydrogens (tertiary/aromatic N) is 4. The van der Waals surface area contributed by atoms with E-state index in [1.807, 2.05) is 39.3 Å². The summed E-state index contributed by atoms with van der Waals surface area (Å²) in [5.74, 6) is 2.09. The van der Waals surface area contributed by atoms with Crippen molar-refractivity contribution in [1.29, 1.82) is 0 Å². The monoisotopic (exact) mass is 293 g/mol. The first-order valence-electron chi connectivity index (χ1n) is 7.65. The molecule has 0 spiro atoms. The zero-order valence-electron chi connectivity index (χ0n) is 13.8. The Morgan fingerprint density at radius 3 is 2.38 bits per heavy atom. The lowest BCUT2D eigenvalue weighted by Gasteiger charge is -2.33. The van der Waals surface area contributed by atoms with Crippen LogP contribution in [0.4, 0.5) is 0 Å². The van der Waals surface area contributed by atoms with Gasteiger partial charge in [-0.25, -0.2) is 0 Å². The third-order valence-corrected chi connectivity index (χ3v) is 4.15. The van der Waals surface area contributed by atoms with E-state index in [0.29, 0.717) is 6.04 Å². The van der Waals surface area contributed by atoms with Crippen LogP contribution >= 0.6 is 0 Å². The van der Waals surface area contributed by atoms with Gasteiger partial charge in [0.2, 0.25) is 5.91 Å². The van der Waals surface area contributed by atoms with Gasteiger partial charge in [-0.3, -0.25) is 9.69 Å². The molecule has 0 unspecified atom stereocenters. The first-order chi connectivity index (χ1) is 9.77. The average Bonchev–Trinajstić information content (AvgIpc) is 2.72. The van der Waals surface area contributed by atoms with Gasteiger partial charge in [-0.15, -0.1) is 10.2 Å². The molecule has 0 radical (unpaired) electrons. The van der Waals surface area contributed by atoms with Gasteiger partial charge in [-0.05, 0) is 19.8 Å². The fraction of sp³-hybridized carbons (Fsp3) is 0.800. The summed E-state index contributed by atoms with van der Waals surface area (Å²) < 4.78 is 2.04. The van der Waals surface area contributed by atoms with Crippen molar-refractivity contribution >= 4 is 5.91 Å². The molecule has 1 aliphatic rings. The number of aryl methyl sites for hydroxylation is 1. The van der Waals surface area contributed by atoms with Crippen molar-refractivity contribution in [3.63, 3.8) is 0 Å². The van der Waals surface area contributed by atoms with Crippen molar-refractivity contribution in [2.75, 3.05) is 13.1 Å². The summed E-state index contributed by atoms with van der Waals surface area (Å²) in [6, 6.07) is 0.300. The van der Waals surface area contributed by atoms with E-state index in [1.165, 1.54) is 0 Å². The standard InChI is InChI=1S/C15H27N5O/c1-11-17-18-13(19(11)5)10-20-8-6-12(7-9-20)16-14(21)15(2,3)4/h12H,6-10H2,1-5H3,(H,16,21). The summed E-state index contributed by atoms with van der Waals surface area (Å²) in [4.78, 5) is 14.4. The number of likely N-dealkylation sites (tertiary alicyclic amines) is 1. The number of carbonyl (C=O) groups excluding carboxylic acids is 1. The van der Waals surface area contributed by atoms with Gasteiger partial charge in [0.1, 0.15) is 11.6 Å². The molecule has 1 aromatic heterocycles. The number of hydrogen-bond donors (Lipinski definition) is 1. The molecule has 6 heteroatoms.